The molecule has 0 amide bonds. The van der Waals surface area contributed by atoms with Gasteiger partial charge < -0.3 is 10.5 Å². The van der Waals surface area contributed by atoms with E-state index in [1.54, 1.807) is 6.20 Å². The average molecular weight is 341 g/mol. The van der Waals surface area contributed by atoms with Gasteiger partial charge in [-0.1, -0.05) is 6.07 Å². The number of hydrogen-bond acceptors (Lipinski definition) is 4. The summed E-state index contributed by atoms with van der Waals surface area (Å²) in [6.07, 6.45) is 1.70. The van der Waals surface area contributed by atoms with Crippen molar-refractivity contribution in [2.75, 3.05) is 0 Å². The minimum absolute atomic E-state index is 0.349. The van der Waals surface area contributed by atoms with Gasteiger partial charge in [0.25, 0.3) is 0 Å². The lowest BCUT2D eigenvalue weighted by Gasteiger charge is -2.06. The number of aryl methyl sites for hydroxylation is 1. The van der Waals surface area contributed by atoms with E-state index in [-0.39, 0.29) is 0 Å². The monoisotopic (exact) mass is 341 g/mol. The van der Waals surface area contributed by atoms with Crippen LogP contribution in [0.1, 0.15) is 11.3 Å². The summed E-state index contributed by atoms with van der Waals surface area (Å²) in [6, 6.07) is 8.07. The second-order valence-corrected chi connectivity index (χ2v) is 4.77. The van der Waals surface area contributed by atoms with Crippen LogP contribution in [0.3, 0.4) is 0 Å². The molecule has 88 valence electrons. The van der Waals surface area contributed by atoms with Gasteiger partial charge >= 0.3 is 6.01 Å². The fourth-order valence-electron chi connectivity index (χ4n) is 1.36. The first kappa shape index (κ1) is 12.3. The Labute approximate surface area is 113 Å². The van der Waals surface area contributed by atoms with Gasteiger partial charge in [-0.3, -0.25) is 0 Å². The Bertz CT molecular complexity index is 531. The minimum atomic E-state index is 0.349. The van der Waals surface area contributed by atoms with Crippen LogP contribution in [-0.2, 0) is 6.54 Å². The highest BCUT2D eigenvalue weighted by atomic mass is 127. The Morgan fingerprint density at radius 3 is 2.88 bits per heavy atom. The van der Waals surface area contributed by atoms with Crippen molar-refractivity contribution in [3.8, 4) is 11.8 Å². The van der Waals surface area contributed by atoms with Gasteiger partial charge in [0.1, 0.15) is 5.75 Å². The summed E-state index contributed by atoms with van der Waals surface area (Å²) in [6.45, 7) is 2.33. The molecule has 2 N–H and O–H groups in total. The predicted octanol–water partition coefficient (Wildman–Crippen LogP) is 2.64. The van der Waals surface area contributed by atoms with E-state index in [4.69, 9.17) is 10.5 Å². The molecule has 0 aliphatic carbocycles. The first-order chi connectivity index (χ1) is 8.19. The summed E-state index contributed by atoms with van der Waals surface area (Å²) in [5.74, 6) is 0.733. The van der Waals surface area contributed by atoms with Crippen molar-refractivity contribution < 1.29 is 4.74 Å². The van der Waals surface area contributed by atoms with E-state index >= 15 is 0 Å². The maximum atomic E-state index is 5.57. The molecule has 0 saturated carbocycles. The number of halogens is 1. The van der Waals surface area contributed by atoms with Gasteiger partial charge in [0, 0.05) is 27.6 Å². The number of aromatic nitrogens is 2. The van der Waals surface area contributed by atoms with Crippen LogP contribution >= 0.6 is 22.6 Å². The molecule has 1 aromatic heterocycles. The minimum Gasteiger partial charge on any atom is -0.424 e. The van der Waals surface area contributed by atoms with E-state index < -0.39 is 0 Å². The smallest absolute Gasteiger partial charge is 0.322 e. The highest BCUT2D eigenvalue weighted by Gasteiger charge is 2.04. The molecule has 2 rings (SSSR count). The molecule has 4 nitrogen and oxygen atoms in total. The topological polar surface area (TPSA) is 61.0 Å². The molecule has 17 heavy (non-hydrogen) atoms. The van der Waals surface area contributed by atoms with E-state index in [0.717, 1.165) is 20.6 Å². The SMILES string of the molecule is Cc1nc(Oc2cccc(I)c2)ncc1CN. The number of hydrogen-bond donors (Lipinski definition) is 1. The summed E-state index contributed by atoms with van der Waals surface area (Å²) in [7, 11) is 0. The van der Waals surface area contributed by atoms with E-state index in [2.05, 4.69) is 32.6 Å². The number of rotatable bonds is 3. The molecule has 0 radical (unpaired) electrons. The lowest BCUT2D eigenvalue weighted by molar-refractivity contribution is 0.439. The van der Waals surface area contributed by atoms with E-state index in [1.807, 2.05) is 31.2 Å². The van der Waals surface area contributed by atoms with Crippen LogP contribution in [0.2, 0.25) is 0 Å². The normalized spacial score (nSPS) is 10.3. The molecule has 0 aliphatic heterocycles. The van der Waals surface area contributed by atoms with Crippen LogP contribution in [0, 0.1) is 10.5 Å². The maximum absolute atomic E-state index is 5.57. The van der Waals surface area contributed by atoms with E-state index in [1.165, 1.54) is 0 Å². The van der Waals surface area contributed by atoms with E-state index in [9.17, 15) is 0 Å². The maximum Gasteiger partial charge on any atom is 0.322 e. The molecule has 1 heterocycles. The largest absolute Gasteiger partial charge is 0.424 e. The van der Waals surface area contributed by atoms with Gasteiger partial charge in [0.2, 0.25) is 0 Å². The van der Waals surface area contributed by atoms with Crippen LogP contribution in [0.15, 0.2) is 30.5 Å². The van der Waals surface area contributed by atoms with Crippen molar-refractivity contribution in [3.05, 3.63) is 45.3 Å². The molecule has 0 saturated heterocycles. The van der Waals surface area contributed by atoms with Crippen molar-refractivity contribution in [3.63, 3.8) is 0 Å². The van der Waals surface area contributed by atoms with Crippen LogP contribution in [0.25, 0.3) is 0 Å². The lowest BCUT2D eigenvalue weighted by atomic mass is 10.2. The van der Waals surface area contributed by atoms with Crippen molar-refractivity contribution in [2.24, 2.45) is 5.73 Å². The van der Waals surface area contributed by atoms with Crippen LogP contribution in [0.5, 0.6) is 11.8 Å². The quantitative estimate of drug-likeness (QED) is 0.872. The van der Waals surface area contributed by atoms with Crippen molar-refractivity contribution in [1.29, 1.82) is 0 Å². The lowest BCUT2D eigenvalue weighted by Crippen LogP contribution is -2.03. The van der Waals surface area contributed by atoms with Crippen LogP contribution in [0.4, 0.5) is 0 Å². The zero-order chi connectivity index (χ0) is 12.3. The van der Waals surface area contributed by atoms with Crippen LogP contribution in [-0.4, -0.2) is 9.97 Å². The molecule has 0 spiro atoms. The second-order valence-electron chi connectivity index (χ2n) is 3.53. The zero-order valence-corrected chi connectivity index (χ0v) is 11.5. The molecule has 2 aromatic rings. The summed E-state index contributed by atoms with van der Waals surface area (Å²) in [5.41, 5.74) is 7.33. The summed E-state index contributed by atoms with van der Waals surface area (Å²) in [4.78, 5) is 8.37. The number of nitrogens with two attached hydrogens (primary N) is 1. The Kier molecular flexibility index (Phi) is 3.90. The van der Waals surface area contributed by atoms with Gasteiger partial charge in [-0.2, -0.15) is 4.98 Å². The molecular weight excluding hydrogens is 329 g/mol. The van der Waals surface area contributed by atoms with Gasteiger partial charge in [-0.05, 0) is 47.7 Å². The standard InChI is InChI=1S/C12H12IN3O/c1-8-9(6-14)7-15-12(16-8)17-11-4-2-3-10(13)5-11/h2-5,7H,6,14H2,1H3. The molecular formula is C12H12IN3O. The van der Waals surface area contributed by atoms with Crippen molar-refractivity contribution >= 4 is 22.6 Å². The van der Waals surface area contributed by atoms with Gasteiger partial charge in [0.05, 0.1) is 0 Å². The fourth-order valence-corrected chi connectivity index (χ4v) is 1.87. The second kappa shape index (κ2) is 5.42. The number of nitrogens with zero attached hydrogens (tertiary/aromatic N) is 2. The third-order valence-corrected chi connectivity index (χ3v) is 2.96. The Hall–Kier alpha value is -1.21. The number of ether oxygens (including phenoxy) is 1. The van der Waals surface area contributed by atoms with Gasteiger partial charge in [-0.25, -0.2) is 4.98 Å². The zero-order valence-electron chi connectivity index (χ0n) is 9.35. The number of benzene rings is 1. The molecule has 0 bridgehead atoms. The van der Waals surface area contributed by atoms with E-state index in [0.29, 0.717) is 12.6 Å². The predicted molar refractivity (Wildman–Crippen MR) is 73.9 cm³/mol. The summed E-state index contributed by atoms with van der Waals surface area (Å²) >= 11 is 2.23. The third kappa shape index (κ3) is 3.13. The fraction of sp³-hybridized carbons (Fsp3) is 0.167. The molecule has 0 atom stereocenters. The summed E-state index contributed by atoms with van der Waals surface area (Å²) < 4.78 is 6.68. The Morgan fingerprint density at radius 2 is 2.24 bits per heavy atom. The van der Waals surface area contributed by atoms with Gasteiger partial charge in [-0.15, -0.1) is 0 Å². The van der Waals surface area contributed by atoms with Crippen LogP contribution < -0.4 is 10.5 Å². The van der Waals surface area contributed by atoms with Crippen molar-refractivity contribution in [2.45, 2.75) is 13.5 Å². The average Bonchev–Trinajstić information content (AvgIpc) is 2.29. The van der Waals surface area contributed by atoms with Crippen molar-refractivity contribution in [1.82, 2.24) is 9.97 Å². The summed E-state index contributed by atoms with van der Waals surface area (Å²) in [5, 5.41) is 0. The Morgan fingerprint density at radius 1 is 1.41 bits per heavy atom. The highest BCUT2D eigenvalue weighted by Crippen LogP contribution is 2.20. The Balaban J connectivity index is 2.22. The highest BCUT2D eigenvalue weighted by molar-refractivity contribution is 14.1. The molecule has 0 unspecified atom stereocenters. The molecule has 5 heteroatoms. The first-order valence-electron chi connectivity index (χ1n) is 5.15. The van der Waals surface area contributed by atoms with Gasteiger partial charge in [0.15, 0.2) is 0 Å². The first-order valence-corrected chi connectivity index (χ1v) is 6.23. The molecule has 0 fully saturated rings. The third-order valence-electron chi connectivity index (χ3n) is 2.28. The molecule has 1 aromatic carbocycles. The molecule has 0 aliphatic rings.